The zero-order valence-electron chi connectivity index (χ0n) is 6.69. The van der Waals surface area contributed by atoms with Crippen molar-refractivity contribution in [2.24, 2.45) is 0 Å². The largest absolute Gasteiger partial charge is 0.430 e. The summed E-state index contributed by atoms with van der Waals surface area (Å²) in [7, 11) is 0. The van der Waals surface area contributed by atoms with Gasteiger partial charge in [0.15, 0.2) is 0 Å². The maximum absolute atomic E-state index is 12.4. The molecule has 1 rings (SSSR count). The minimum atomic E-state index is -6.23. The van der Waals surface area contributed by atoms with E-state index < -0.39 is 28.4 Å². The van der Waals surface area contributed by atoms with Crippen LogP contribution in [0.15, 0.2) is 0 Å². The van der Waals surface area contributed by atoms with Crippen LogP contribution in [0.2, 0.25) is 0 Å². The Morgan fingerprint density at radius 1 is 0.812 bits per heavy atom. The van der Waals surface area contributed by atoms with E-state index in [1.165, 1.54) is 0 Å². The summed E-state index contributed by atoms with van der Waals surface area (Å²) < 4.78 is 95.8. The van der Waals surface area contributed by atoms with E-state index >= 15 is 0 Å². The fourth-order valence-electron chi connectivity index (χ4n) is 1.11. The van der Waals surface area contributed by atoms with Gasteiger partial charge in [0.2, 0.25) is 0 Å². The Morgan fingerprint density at radius 3 is 1.19 bits per heavy atom. The lowest BCUT2D eigenvalue weighted by Gasteiger charge is -2.55. The van der Waals surface area contributed by atoms with Crippen molar-refractivity contribution in [3.05, 3.63) is 0 Å². The van der Waals surface area contributed by atoms with Crippen molar-refractivity contribution in [1.82, 2.24) is 0 Å². The van der Waals surface area contributed by atoms with E-state index in [1.807, 2.05) is 0 Å². The average Bonchev–Trinajstić information content (AvgIpc) is 1.94. The normalized spacial score (nSPS) is 27.4. The Labute approximate surface area is 92.2 Å². The summed E-state index contributed by atoms with van der Waals surface area (Å²) in [5.74, 6) is 0. The third kappa shape index (κ3) is 1.34. The molecule has 0 aromatic carbocycles. The van der Waals surface area contributed by atoms with Crippen molar-refractivity contribution < 1.29 is 39.9 Å². The molecule has 1 aliphatic heterocycles. The molecule has 0 saturated carbocycles. The molecule has 1 heterocycles. The summed E-state index contributed by atoms with van der Waals surface area (Å²) >= 11 is 8.88. The highest BCUT2D eigenvalue weighted by molar-refractivity contribution is 6.50. The lowest BCUT2D eigenvalue weighted by molar-refractivity contribution is -0.520. The maximum Gasteiger partial charge on any atom is 0.430 e. The second-order valence-electron chi connectivity index (χ2n) is 2.87. The van der Waals surface area contributed by atoms with Crippen molar-refractivity contribution in [1.29, 1.82) is 0 Å². The molecule has 0 aromatic heterocycles. The van der Waals surface area contributed by atoms with E-state index in [2.05, 4.69) is 27.9 Å². The van der Waals surface area contributed by atoms with Crippen LogP contribution in [-0.2, 0) is 4.74 Å². The molecule has 0 unspecified atom stereocenters. The molecular formula is C5Cl2F8O. The number of halogens is 10. The molecule has 0 aromatic rings. The summed E-state index contributed by atoms with van der Waals surface area (Å²) in [6.07, 6.45) is -17.4. The van der Waals surface area contributed by atoms with Gasteiger partial charge in [0.05, 0.1) is 0 Å². The molecule has 0 spiro atoms. The third-order valence-corrected chi connectivity index (χ3v) is 2.86. The Hall–Kier alpha value is -0.0200. The summed E-state index contributed by atoms with van der Waals surface area (Å²) in [6, 6.07) is 0. The summed E-state index contributed by atoms with van der Waals surface area (Å²) in [4.78, 5) is 0. The van der Waals surface area contributed by atoms with Crippen molar-refractivity contribution in [3.63, 3.8) is 0 Å². The minimum absolute atomic E-state index is 2.61. The van der Waals surface area contributed by atoms with Gasteiger partial charge in [0.25, 0.3) is 4.33 Å². The molecule has 0 amide bonds. The zero-order chi connectivity index (χ0) is 13.2. The fraction of sp³-hybridized carbons (Fsp3) is 1.00. The van der Waals surface area contributed by atoms with Crippen molar-refractivity contribution in [2.75, 3.05) is 0 Å². The van der Waals surface area contributed by atoms with E-state index in [9.17, 15) is 35.1 Å². The Balaban J connectivity index is 3.35. The highest BCUT2D eigenvalue weighted by Crippen LogP contribution is 2.69. The predicted octanol–water partition coefficient (Wildman–Crippen LogP) is 3.65. The van der Waals surface area contributed by atoms with Gasteiger partial charge in [-0.3, -0.25) is 4.74 Å². The molecule has 1 saturated heterocycles. The number of alkyl halides is 10. The zero-order valence-corrected chi connectivity index (χ0v) is 8.20. The molecule has 1 nitrogen and oxygen atoms in total. The fourth-order valence-corrected chi connectivity index (χ4v) is 1.69. The summed E-state index contributed by atoms with van der Waals surface area (Å²) in [5.41, 5.74) is -5.29. The van der Waals surface area contributed by atoms with E-state index in [4.69, 9.17) is 0 Å². The van der Waals surface area contributed by atoms with Gasteiger partial charge < -0.3 is 0 Å². The Morgan fingerprint density at radius 2 is 1.12 bits per heavy atom. The van der Waals surface area contributed by atoms with Crippen LogP contribution in [0.4, 0.5) is 35.1 Å². The summed E-state index contributed by atoms with van der Waals surface area (Å²) in [5, 5.41) is 0. The first-order valence-electron chi connectivity index (χ1n) is 3.30. The van der Waals surface area contributed by atoms with Gasteiger partial charge in [-0.15, -0.1) is 0 Å². The smallest absolute Gasteiger partial charge is 0.289 e. The lowest BCUT2D eigenvalue weighted by atomic mass is 9.90. The van der Waals surface area contributed by atoms with Gasteiger partial charge in [0, 0.05) is 0 Å². The molecule has 0 aliphatic carbocycles. The monoisotopic (exact) mass is 298 g/mol. The van der Waals surface area contributed by atoms with Gasteiger partial charge >= 0.3 is 24.1 Å². The maximum atomic E-state index is 12.4. The van der Waals surface area contributed by atoms with Gasteiger partial charge in [-0.1, -0.05) is 23.2 Å². The molecule has 16 heavy (non-hydrogen) atoms. The van der Waals surface area contributed by atoms with Gasteiger partial charge in [0.1, 0.15) is 0 Å². The van der Waals surface area contributed by atoms with Crippen LogP contribution in [0.1, 0.15) is 0 Å². The van der Waals surface area contributed by atoms with Crippen LogP contribution >= 0.6 is 23.2 Å². The highest BCUT2D eigenvalue weighted by atomic mass is 35.5. The first-order chi connectivity index (χ1) is 6.71. The van der Waals surface area contributed by atoms with Crippen LogP contribution < -0.4 is 0 Å². The van der Waals surface area contributed by atoms with Crippen LogP contribution in [0.3, 0.4) is 0 Å². The first-order valence-corrected chi connectivity index (χ1v) is 4.05. The molecule has 0 atom stereocenters. The SMILES string of the molecule is FC(F)(F)C1(C(F)(F)F)OC(F)(F)C1(Cl)Cl. The van der Waals surface area contributed by atoms with Crippen LogP contribution in [0.5, 0.6) is 0 Å². The minimum Gasteiger partial charge on any atom is -0.289 e. The van der Waals surface area contributed by atoms with E-state index in [1.54, 1.807) is 0 Å². The molecule has 0 radical (unpaired) electrons. The topological polar surface area (TPSA) is 9.23 Å². The molecule has 11 heteroatoms. The highest BCUT2D eigenvalue weighted by Gasteiger charge is 2.96. The van der Waals surface area contributed by atoms with Crippen molar-refractivity contribution >= 4 is 23.2 Å². The molecule has 96 valence electrons. The van der Waals surface area contributed by atoms with E-state index in [-0.39, 0.29) is 0 Å². The lowest BCUT2D eigenvalue weighted by Crippen LogP contribution is -2.83. The number of ether oxygens (including phenoxy) is 1. The number of hydrogen-bond donors (Lipinski definition) is 0. The summed E-state index contributed by atoms with van der Waals surface area (Å²) in [6.45, 7) is 0. The predicted molar refractivity (Wildman–Crippen MR) is 35.3 cm³/mol. The van der Waals surface area contributed by atoms with Gasteiger partial charge in [-0.25, -0.2) is 0 Å². The quantitative estimate of drug-likeness (QED) is 0.490. The standard InChI is InChI=1S/C5Cl2F8O/c6-2(7)1(3(8,9)10,4(11,12)13)16-5(2,14)15. The van der Waals surface area contributed by atoms with Crippen LogP contribution in [-0.4, -0.2) is 28.4 Å². The Kier molecular flexibility index (Phi) is 2.68. The van der Waals surface area contributed by atoms with Crippen molar-refractivity contribution in [2.45, 2.75) is 28.4 Å². The molecule has 1 fully saturated rings. The molecule has 1 aliphatic rings. The van der Waals surface area contributed by atoms with E-state index in [0.717, 1.165) is 0 Å². The average molecular weight is 299 g/mol. The number of hydrogen-bond acceptors (Lipinski definition) is 1. The first kappa shape index (κ1) is 14.0. The van der Waals surface area contributed by atoms with Gasteiger partial charge in [-0.05, 0) is 0 Å². The van der Waals surface area contributed by atoms with Gasteiger partial charge in [-0.2, -0.15) is 35.1 Å². The second-order valence-corrected chi connectivity index (χ2v) is 4.20. The molecular weight excluding hydrogens is 299 g/mol. The Bertz CT molecular complexity index is 291. The molecule has 0 bridgehead atoms. The second kappa shape index (κ2) is 3.05. The molecule has 0 N–H and O–H groups in total. The van der Waals surface area contributed by atoms with Crippen molar-refractivity contribution in [3.8, 4) is 0 Å². The number of rotatable bonds is 0. The third-order valence-electron chi connectivity index (χ3n) is 1.89. The van der Waals surface area contributed by atoms with E-state index in [0.29, 0.717) is 0 Å². The van der Waals surface area contributed by atoms with Crippen LogP contribution in [0.25, 0.3) is 0 Å². The van der Waals surface area contributed by atoms with Crippen LogP contribution in [0, 0.1) is 0 Å².